The Balaban J connectivity index is 2.68. The first-order chi connectivity index (χ1) is 10.1. The van der Waals surface area contributed by atoms with Gasteiger partial charge in [0.05, 0.1) is 5.41 Å². The highest BCUT2D eigenvalue weighted by atomic mass is 16.6. The molecule has 1 saturated heterocycles. The largest absolute Gasteiger partial charge is 0.444 e. The first kappa shape index (κ1) is 18.5. The zero-order valence-corrected chi connectivity index (χ0v) is 14.6. The van der Waals surface area contributed by atoms with E-state index in [1.54, 1.807) is 11.0 Å². The molecule has 0 aromatic heterocycles. The maximum Gasteiger partial charge on any atom is 0.410 e. The van der Waals surface area contributed by atoms with E-state index in [1.165, 1.54) is 0 Å². The van der Waals surface area contributed by atoms with E-state index in [0.717, 1.165) is 12.8 Å². The summed E-state index contributed by atoms with van der Waals surface area (Å²) in [6, 6.07) is 0. The molecule has 22 heavy (non-hydrogen) atoms. The molecule has 0 aromatic carbocycles. The van der Waals surface area contributed by atoms with Gasteiger partial charge in [-0.3, -0.25) is 4.79 Å². The molecular formula is C17H30N2O3. The van der Waals surface area contributed by atoms with Crippen molar-refractivity contribution in [1.82, 2.24) is 9.80 Å². The molecule has 1 heterocycles. The number of carbonyl (C=O) groups is 2. The van der Waals surface area contributed by atoms with Crippen LogP contribution in [0.25, 0.3) is 0 Å². The van der Waals surface area contributed by atoms with Gasteiger partial charge >= 0.3 is 6.09 Å². The molecule has 1 fully saturated rings. The van der Waals surface area contributed by atoms with Crippen molar-refractivity contribution in [2.75, 3.05) is 26.2 Å². The number of rotatable bonds is 3. The third-order valence-corrected chi connectivity index (χ3v) is 4.11. The van der Waals surface area contributed by atoms with Crippen LogP contribution in [0.1, 0.15) is 47.5 Å². The van der Waals surface area contributed by atoms with Crippen molar-refractivity contribution in [1.29, 1.82) is 0 Å². The van der Waals surface area contributed by atoms with Crippen LogP contribution < -0.4 is 0 Å². The average molecular weight is 310 g/mol. The fourth-order valence-corrected chi connectivity index (χ4v) is 2.37. The van der Waals surface area contributed by atoms with Crippen LogP contribution in [0.3, 0.4) is 0 Å². The molecule has 2 amide bonds. The van der Waals surface area contributed by atoms with Gasteiger partial charge in [0.25, 0.3) is 0 Å². The Hall–Kier alpha value is -1.52. The van der Waals surface area contributed by atoms with E-state index in [9.17, 15) is 9.59 Å². The summed E-state index contributed by atoms with van der Waals surface area (Å²) < 4.78 is 5.41. The molecule has 5 nitrogen and oxygen atoms in total. The minimum Gasteiger partial charge on any atom is -0.444 e. The molecule has 1 rings (SSSR count). The van der Waals surface area contributed by atoms with Gasteiger partial charge in [-0.15, -0.1) is 6.58 Å². The summed E-state index contributed by atoms with van der Waals surface area (Å²) in [5.74, 6) is 0.0936. The van der Waals surface area contributed by atoms with Crippen molar-refractivity contribution >= 4 is 12.0 Å². The highest BCUT2D eigenvalue weighted by Crippen LogP contribution is 2.26. The normalized spacial score (nSPS) is 19.1. The van der Waals surface area contributed by atoms with Crippen molar-refractivity contribution in [2.24, 2.45) is 5.41 Å². The number of hydrogen-bond donors (Lipinski definition) is 0. The van der Waals surface area contributed by atoms with E-state index in [0.29, 0.717) is 26.2 Å². The fraction of sp³-hybridized carbons (Fsp3) is 0.765. The molecule has 5 heteroatoms. The molecule has 0 aromatic rings. The van der Waals surface area contributed by atoms with Gasteiger partial charge in [0.2, 0.25) is 5.91 Å². The lowest BCUT2D eigenvalue weighted by Crippen LogP contribution is -2.44. The summed E-state index contributed by atoms with van der Waals surface area (Å²) in [6.07, 6.45) is 2.92. The first-order valence-corrected chi connectivity index (χ1v) is 8.04. The minimum absolute atomic E-state index is 0.0936. The molecule has 1 atom stereocenters. The van der Waals surface area contributed by atoms with Crippen molar-refractivity contribution in [3.05, 3.63) is 12.7 Å². The van der Waals surface area contributed by atoms with Gasteiger partial charge in [0.15, 0.2) is 0 Å². The smallest absolute Gasteiger partial charge is 0.410 e. The van der Waals surface area contributed by atoms with Crippen molar-refractivity contribution in [2.45, 2.75) is 53.1 Å². The van der Waals surface area contributed by atoms with E-state index in [4.69, 9.17) is 4.74 Å². The standard InChI is InChI=1S/C17H30N2O3/c1-7-17(6,8-2)14(20)18-10-9-11-19(13-12-18)15(21)22-16(3,4)5/h7H,1,8-13H2,2-6H3. The molecule has 126 valence electrons. The number of hydrogen-bond acceptors (Lipinski definition) is 3. The Morgan fingerprint density at radius 2 is 1.64 bits per heavy atom. The van der Waals surface area contributed by atoms with Crippen LogP contribution in [0.4, 0.5) is 4.79 Å². The second-order valence-electron chi connectivity index (χ2n) is 7.09. The molecule has 1 unspecified atom stereocenters. The monoisotopic (exact) mass is 310 g/mol. The van der Waals surface area contributed by atoms with Crippen LogP contribution in [0.2, 0.25) is 0 Å². The van der Waals surface area contributed by atoms with Gasteiger partial charge in [0.1, 0.15) is 5.60 Å². The van der Waals surface area contributed by atoms with Gasteiger partial charge in [-0.1, -0.05) is 13.0 Å². The van der Waals surface area contributed by atoms with Crippen LogP contribution >= 0.6 is 0 Å². The Morgan fingerprint density at radius 1 is 1.09 bits per heavy atom. The Kier molecular flexibility index (Phi) is 6.03. The van der Waals surface area contributed by atoms with E-state index in [-0.39, 0.29) is 12.0 Å². The summed E-state index contributed by atoms with van der Waals surface area (Å²) in [4.78, 5) is 28.3. The lowest BCUT2D eigenvalue weighted by atomic mass is 9.86. The van der Waals surface area contributed by atoms with Crippen LogP contribution in [-0.2, 0) is 9.53 Å². The minimum atomic E-state index is -0.527. The summed E-state index contributed by atoms with van der Waals surface area (Å²) in [5, 5.41) is 0. The van der Waals surface area contributed by atoms with Gasteiger partial charge in [-0.25, -0.2) is 4.79 Å². The highest BCUT2D eigenvalue weighted by Gasteiger charge is 2.33. The Morgan fingerprint density at radius 3 is 2.14 bits per heavy atom. The molecule has 0 N–H and O–H groups in total. The molecule has 0 saturated carbocycles. The molecule has 0 aliphatic carbocycles. The topological polar surface area (TPSA) is 49.9 Å². The average Bonchev–Trinajstić information content (AvgIpc) is 2.69. The quantitative estimate of drug-likeness (QED) is 0.753. The summed E-state index contributed by atoms with van der Waals surface area (Å²) >= 11 is 0. The second-order valence-corrected chi connectivity index (χ2v) is 7.09. The summed E-state index contributed by atoms with van der Waals surface area (Å²) in [7, 11) is 0. The lowest BCUT2D eigenvalue weighted by molar-refractivity contribution is -0.138. The maximum atomic E-state index is 12.7. The molecule has 0 spiro atoms. The molecule has 0 radical (unpaired) electrons. The zero-order chi connectivity index (χ0) is 17.0. The number of nitrogens with zero attached hydrogens (tertiary/aromatic N) is 2. The number of carbonyl (C=O) groups excluding carboxylic acids is 2. The van der Waals surface area contributed by atoms with Crippen LogP contribution in [0, 0.1) is 5.41 Å². The first-order valence-electron chi connectivity index (χ1n) is 8.04. The predicted octanol–water partition coefficient (Wildman–Crippen LogP) is 3.06. The van der Waals surface area contributed by atoms with Crippen LogP contribution in [0.15, 0.2) is 12.7 Å². The van der Waals surface area contributed by atoms with Crippen molar-refractivity contribution < 1.29 is 14.3 Å². The van der Waals surface area contributed by atoms with Crippen LogP contribution in [0.5, 0.6) is 0 Å². The van der Waals surface area contributed by atoms with E-state index in [1.807, 2.05) is 39.5 Å². The van der Waals surface area contributed by atoms with Crippen molar-refractivity contribution in [3.8, 4) is 0 Å². The summed E-state index contributed by atoms with van der Waals surface area (Å²) in [5.41, 5.74) is -1.02. The van der Waals surface area contributed by atoms with Crippen LogP contribution in [-0.4, -0.2) is 53.6 Å². The number of amides is 2. The third kappa shape index (κ3) is 4.75. The van der Waals surface area contributed by atoms with Gasteiger partial charge in [-0.05, 0) is 40.5 Å². The van der Waals surface area contributed by atoms with Gasteiger partial charge in [0, 0.05) is 26.2 Å². The second kappa shape index (κ2) is 7.16. The maximum absolute atomic E-state index is 12.7. The molecule has 1 aliphatic rings. The fourth-order valence-electron chi connectivity index (χ4n) is 2.37. The predicted molar refractivity (Wildman–Crippen MR) is 87.6 cm³/mol. The molecule has 0 bridgehead atoms. The van der Waals surface area contributed by atoms with E-state index >= 15 is 0 Å². The molecule has 1 aliphatic heterocycles. The third-order valence-electron chi connectivity index (χ3n) is 4.11. The zero-order valence-electron chi connectivity index (χ0n) is 14.6. The Bertz CT molecular complexity index is 428. The highest BCUT2D eigenvalue weighted by molar-refractivity contribution is 5.84. The Labute approximate surface area is 134 Å². The van der Waals surface area contributed by atoms with E-state index in [2.05, 4.69) is 6.58 Å². The lowest BCUT2D eigenvalue weighted by Gasteiger charge is -2.31. The number of ether oxygens (including phenoxy) is 1. The summed E-state index contributed by atoms with van der Waals surface area (Å²) in [6.45, 7) is 15.6. The van der Waals surface area contributed by atoms with E-state index < -0.39 is 11.0 Å². The SMILES string of the molecule is C=CC(C)(CC)C(=O)N1CCCN(C(=O)OC(C)(C)C)CC1. The van der Waals surface area contributed by atoms with Crippen molar-refractivity contribution in [3.63, 3.8) is 0 Å². The van der Waals surface area contributed by atoms with Gasteiger partial charge < -0.3 is 14.5 Å². The molecular weight excluding hydrogens is 280 g/mol. The van der Waals surface area contributed by atoms with Gasteiger partial charge in [-0.2, -0.15) is 0 Å².